The molecule has 0 aliphatic rings. The van der Waals surface area contributed by atoms with Crippen LogP contribution in [-0.2, 0) is 6.18 Å². The molecule has 2 aromatic heterocycles. The summed E-state index contributed by atoms with van der Waals surface area (Å²) < 4.78 is 38.8. The normalized spacial score (nSPS) is 11.4. The summed E-state index contributed by atoms with van der Waals surface area (Å²) in [5, 5.41) is 13.1. The Hall–Kier alpha value is -3.88. The van der Waals surface area contributed by atoms with Crippen LogP contribution in [0.2, 0.25) is 0 Å². The number of alkyl halides is 3. The molecule has 0 saturated carbocycles. The molecule has 146 valence electrons. The van der Waals surface area contributed by atoms with Crippen LogP contribution in [0.5, 0.6) is 0 Å². The number of carbonyl (C=O) groups excluding carboxylic acids is 1. The van der Waals surface area contributed by atoms with E-state index in [1.807, 2.05) is 0 Å². The Balaban J connectivity index is 1.58. The van der Waals surface area contributed by atoms with E-state index in [2.05, 4.69) is 25.8 Å². The van der Waals surface area contributed by atoms with E-state index in [1.165, 1.54) is 24.4 Å². The van der Waals surface area contributed by atoms with Gasteiger partial charge in [0.15, 0.2) is 0 Å². The van der Waals surface area contributed by atoms with Gasteiger partial charge in [-0.2, -0.15) is 18.3 Å². The average Bonchev–Trinajstić information content (AvgIpc) is 3.16. The first-order valence-corrected chi connectivity index (χ1v) is 8.54. The molecule has 0 spiro atoms. The first-order valence-electron chi connectivity index (χ1n) is 8.54. The van der Waals surface area contributed by atoms with Crippen LogP contribution in [0.3, 0.4) is 0 Å². The molecule has 0 atom stereocenters. The van der Waals surface area contributed by atoms with Crippen LogP contribution in [-0.4, -0.2) is 21.1 Å². The maximum absolute atomic E-state index is 12.9. The number of rotatable bonds is 4. The first-order chi connectivity index (χ1) is 13.9. The number of aromatic amines is 1. The molecule has 4 rings (SSSR count). The van der Waals surface area contributed by atoms with Crippen LogP contribution in [0, 0.1) is 0 Å². The third-order valence-corrected chi connectivity index (χ3v) is 4.20. The lowest BCUT2D eigenvalue weighted by molar-refractivity contribution is -0.137. The molecule has 0 bridgehead atoms. The fourth-order valence-corrected chi connectivity index (χ4v) is 2.82. The van der Waals surface area contributed by atoms with Crippen LogP contribution in [0.25, 0.3) is 10.9 Å². The summed E-state index contributed by atoms with van der Waals surface area (Å²) in [5.74, 6) is -0.302. The number of carbonyl (C=O) groups is 1. The molecule has 9 heteroatoms. The van der Waals surface area contributed by atoms with Gasteiger partial charge in [-0.25, -0.2) is 4.98 Å². The second-order valence-corrected chi connectivity index (χ2v) is 6.23. The van der Waals surface area contributed by atoms with Gasteiger partial charge in [-0.15, -0.1) is 0 Å². The largest absolute Gasteiger partial charge is 0.416 e. The third-order valence-electron chi connectivity index (χ3n) is 4.20. The van der Waals surface area contributed by atoms with Gasteiger partial charge in [0, 0.05) is 23.0 Å². The number of fused-ring (bicyclic) bond motifs is 1. The van der Waals surface area contributed by atoms with Gasteiger partial charge in [0.25, 0.3) is 5.91 Å². The van der Waals surface area contributed by atoms with Gasteiger partial charge in [0.1, 0.15) is 5.82 Å². The van der Waals surface area contributed by atoms with Crippen molar-refractivity contribution in [2.45, 2.75) is 6.18 Å². The molecule has 0 radical (unpaired) electrons. The van der Waals surface area contributed by atoms with E-state index < -0.39 is 17.6 Å². The minimum Gasteiger partial charge on any atom is -0.340 e. The number of anilines is 3. The molecular weight excluding hydrogens is 383 g/mol. The molecule has 0 unspecified atom stereocenters. The summed E-state index contributed by atoms with van der Waals surface area (Å²) in [6, 6.07) is 13.1. The summed E-state index contributed by atoms with van der Waals surface area (Å²) in [6.07, 6.45) is -1.38. The van der Waals surface area contributed by atoms with Gasteiger partial charge in [0.05, 0.1) is 22.8 Å². The van der Waals surface area contributed by atoms with E-state index in [1.54, 1.807) is 30.5 Å². The van der Waals surface area contributed by atoms with Gasteiger partial charge in [-0.1, -0.05) is 6.07 Å². The SMILES string of the molecule is O=C(Nc1ccc2[nH]ncc2c1)c1cccnc1Nc1cccc(C(F)(F)F)c1. The second-order valence-electron chi connectivity index (χ2n) is 6.23. The summed E-state index contributed by atoms with van der Waals surface area (Å²) in [4.78, 5) is 16.8. The molecule has 2 heterocycles. The number of benzene rings is 2. The summed E-state index contributed by atoms with van der Waals surface area (Å²) in [6.45, 7) is 0. The number of H-pyrrole nitrogens is 1. The molecule has 6 nitrogen and oxygen atoms in total. The molecular formula is C20H14F3N5O. The minimum atomic E-state index is -4.46. The zero-order valence-electron chi connectivity index (χ0n) is 14.8. The van der Waals surface area contributed by atoms with Crippen LogP contribution in [0.4, 0.5) is 30.4 Å². The highest BCUT2D eigenvalue weighted by Crippen LogP contribution is 2.31. The van der Waals surface area contributed by atoms with Crippen LogP contribution >= 0.6 is 0 Å². The number of nitrogens with zero attached hydrogens (tertiary/aromatic N) is 2. The van der Waals surface area contributed by atoms with Crippen molar-refractivity contribution < 1.29 is 18.0 Å². The topological polar surface area (TPSA) is 82.7 Å². The Kier molecular flexibility index (Phi) is 4.63. The Morgan fingerprint density at radius 2 is 1.86 bits per heavy atom. The van der Waals surface area contributed by atoms with Gasteiger partial charge < -0.3 is 10.6 Å². The highest BCUT2D eigenvalue weighted by atomic mass is 19.4. The fraction of sp³-hybridized carbons (Fsp3) is 0.0500. The van der Waals surface area contributed by atoms with E-state index >= 15 is 0 Å². The van der Waals surface area contributed by atoms with Gasteiger partial charge >= 0.3 is 6.18 Å². The van der Waals surface area contributed by atoms with Crippen LogP contribution in [0.1, 0.15) is 15.9 Å². The number of nitrogens with one attached hydrogen (secondary N) is 3. The predicted octanol–water partition coefficient (Wildman–Crippen LogP) is 4.97. The predicted molar refractivity (Wildman–Crippen MR) is 103 cm³/mol. The molecule has 3 N–H and O–H groups in total. The standard InChI is InChI=1S/C20H14F3N5O/c21-20(22,23)13-3-1-4-14(10-13)26-18-16(5-2-8-24-18)19(29)27-15-6-7-17-12(9-15)11-25-28-17/h1-11H,(H,24,26)(H,25,28)(H,27,29). The Labute approximate surface area is 162 Å². The lowest BCUT2D eigenvalue weighted by Crippen LogP contribution is -2.14. The Morgan fingerprint density at radius 3 is 2.69 bits per heavy atom. The van der Waals surface area contributed by atoms with Gasteiger partial charge in [-0.3, -0.25) is 9.89 Å². The third kappa shape index (κ3) is 4.03. The molecule has 1 amide bonds. The van der Waals surface area contributed by atoms with E-state index in [0.29, 0.717) is 5.69 Å². The van der Waals surface area contributed by atoms with Crippen molar-refractivity contribution >= 4 is 34.0 Å². The number of aromatic nitrogens is 3. The van der Waals surface area contributed by atoms with Crippen molar-refractivity contribution in [3.63, 3.8) is 0 Å². The van der Waals surface area contributed by atoms with Crippen molar-refractivity contribution in [3.05, 3.63) is 78.1 Å². The maximum atomic E-state index is 12.9. The second kappa shape index (κ2) is 7.27. The number of amides is 1. The van der Waals surface area contributed by atoms with Crippen molar-refractivity contribution in [3.8, 4) is 0 Å². The maximum Gasteiger partial charge on any atom is 0.416 e. The minimum absolute atomic E-state index is 0.147. The Bertz CT molecular complexity index is 1190. The number of halogens is 3. The lowest BCUT2D eigenvalue weighted by atomic mass is 10.1. The molecule has 0 saturated heterocycles. The van der Waals surface area contributed by atoms with Crippen LogP contribution in [0.15, 0.2) is 67.0 Å². The number of hydrogen-bond donors (Lipinski definition) is 3. The van der Waals surface area contributed by atoms with Gasteiger partial charge in [0.2, 0.25) is 0 Å². The highest BCUT2D eigenvalue weighted by Gasteiger charge is 2.30. The quantitative estimate of drug-likeness (QED) is 0.454. The summed E-state index contributed by atoms with van der Waals surface area (Å²) >= 11 is 0. The van der Waals surface area contributed by atoms with Crippen molar-refractivity contribution in [1.82, 2.24) is 15.2 Å². The smallest absolute Gasteiger partial charge is 0.340 e. The summed E-state index contributed by atoms with van der Waals surface area (Å²) in [5.41, 5.74) is 0.955. The van der Waals surface area contributed by atoms with E-state index in [9.17, 15) is 18.0 Å². The summed E-state index contributed by atoms with van der Waals surface area (Å²) in [7, 11) is 0. The molecule has 0 fully saturated rings. The lowest BCUT2D eigenvalue weighted by Gasteiger charge is -2.13. The average molecular weight is 397 g/mol. The fourth-order valence-electron chi connectivity index (χ4n) is 2.82. The van der Waals surface area contributed by atoms with Gasteiger partial charge in [-0.05, 0) is 48.5 Å². The first kappa shape index (κ1) is 18.5. The molecule has 0 aliphatic heterocycles. The monoisotopic (exact) mass is 397 g/mol. The van der Waals surface area contributed by atoms with E-state index in [0.717, 1.165) is 23.0 Å². The van der Waals surface area contributed by atoms with E-state index in [-0.39, 0.29) is 17.1 Å². The molecule has 0 aliphatic carbocycles. The highest BCUT2D eigenvalue weighted by molar-refractivity contribution is 6.08. The van der Waals surface area contributed by atoms with Crippen LogP contribution < -0.4 is 10.6 Å². The molecule has 2 aromatic carbocycles. The zero-order valence-corrected chi connectivity index (χ0v) is 14.8. The van der Waals surface area contributed by atoms with Crippen molar-refractivity contribution in [1.29, 1.82) is 0 Å². The number of hydrogen-bond acceptors (Lipinski definition) is 4. The van der Waals surface area contributed by atoms with Crippen molar-refractivity contribution in [2.75, 3.05) is 10.6 Å². The van der Waals surface area contributed by atoms with Crippen molar-refractivity contribution in [2.24, 2.45) is 0 Å². The zero-order chi connectivity index (χ0) is 20.4. The molecule has 29 heavy (non-hydrogen) atoms. The van der Waals surface area contributed by atoms with E-state index in [4.69, 9.17) is 0 Å². The molecule has 4 aromatic rings. The number of pyridine rings is 1. The Morgan fingerprint density at radius 1 is 1.00 bits per heavy atom.